The lowest BCUT2D eigenvalue weighted by molar-refractivity contribution is 0.499. The molecule has 2 nitrogen and oxygen atoms in total. The van der Waals surface area contributed by atoms with Crippen LogP contribution in [0.15, 0.2) is 33.2 Å². The minimum Gasteiger partial charge on any atom is -0.466 e. The molecule has 17 heavy (non-hydrogen) atoms. The van der Waals surface area contributed by atoms with E-state index < -0.39 is 6.04 Å². The number of benzene rings is 1. The maximum absolute atomic E-state index is 13.7. The van der Waals surface area contributed by atoms with E-state index in [4.69, 9.17) is 10.2 Å². The average molecular weight is 298 g/mol. The lowest BCUT2D eigenvalue weighted by Gasteiger charge is -2.12. The molecule has 0 aliphatic carbocycles. The molecule has 0 amide bonds. The molecule has 0 saturated carbocycles. The van der Waals surface area contributed by atoms with Crippen molar-refractivity contribution in [1.82, 2.24) is 0 Å². The van der Waals surface area contributed by atoms with E-state index in [0.29, 0.717) is 5.56 Å². The van der Waals surface area contributed by atoms with Crippen LogP contribution in [-0.2, 0) is 0 Å². The third kappa shape index (κ3) is 2.42. The average Bonchev–Trinajstić information content (AvgIpc) is 2.60. The first-order valence-electron chi connectivity index (χ1n) is 5.26. The molecule has 90 valence electrons. The highest BCUT2D eigenvalue weighted by Crippen LogP contribution is 2.28. The molecular formula is C13H13BrFNO. The lowest BCUT2D eigenvalue weighted by atomic mass is 9.99. The van der Waals surface area contributed by atoms with Crippen molar-refractivity contribution in [1.29, 1.82) is 0 Å². The summed E-state index contributed by atoms with van der Waals surface area (Å²) < 4.78 is 19.9. The molecule has 0 radical (unpaired) electrons. The summed E-state index contributed by atoms with van der Waals surface area (Å²) in [5.74, 6) is 1.21. The van der Waals surface area contributed by atoms with Gasteiger partial charge in [-0.15, -0.1) is 0 Å². The second-order valence-electron chi connectivity index (χ2n) is 4.01. The molecular weight excluding hydrogens is 285 g/mol. The molecule has 1 unspecified atom stereocenters. The van der Waals surface area contributed by atoms with Crippen LogP contribution in [0, 0.1) is 19.7 Å². The van der Waals surface area contributed by atoms with Gasteiger partial charge in [0.25, 0.3) is 0 Å². The first kappa shape index (κ1) is 12.3. The Labute approximate surface area is 108 Å². The number of furan rings is 1. The lowest BCUT2D eigenvalue weighted by Crippen LogP contribution is -2.13. The Morgan fingerprint density at radius 2 is 1.94 bits per heavy atom. The number of aryl methyl sites for hydroxylation is 2. The Hall–Kier alpha value is -1.13. The van der Waals surface area contributed by atoms with Crippen LogP contribution in [0.1, 0.15) is 28.7 Å². The Kier molecular flexibility index (Phi) is 3.35. The molecule has 2 aromatic rings. The third-order valence-electron chi connectivity index (χ3n) is 2.71. The number of halogens is 2. The van der Waals surface area contributed by atoms with E-state index in [1.807, 2.05) is 19.9 Å². The minimum atomic E-state index is -0.509. The molecule has 2 N–H and O–H groups in total. The zero-order valence-corrected chi connectivity index (χ0v) is 11.2. The summed E-state index contributed by atoms with van der Waals surface area (Å²) in [5, 5.41) is 0. The van der Waals surface area contributed by atoms with Crippen molar-refractivity contribution in [3.8, 4) is 0 Å². The van der Waals surface area contributed by atoms with Crippen molar-refractivity contribution in [3.05, 3.63) is 57.2 Å². The molecule has 0 spiro atoms. The van der Waals surface area contributed by atoms with Gasteiger partial charge in [0.05, 0.1) is 6.04 Å². The number of hydrogen-bond acceptors (Lipinski definition) is 2. The van der Waals surface area contributed by atoms with Crippen LogP contribution < -0.4 is 5.73 Å². The van der Waals surface area contributed by atoms with Gasteiger partial charge in [0.15, 0.2) is 0 Å². The fraction of sp³-hybridized carbons (Fsp3) is 0.231. The maximum atomic E-state index is 13.7. The first-order valence-corrected chi connectivity index (χ1v) is 6.06. The smallest absolute Gasteiger partial charge is 0.128 e. The summed E-state index contributed by atoms with van der Waals surface area (Å²) in [7, 11) is 0. The van der Waals surface area contributed by atoms with E-state index in [-0.39, 0.29) is 5.82 Å². The Balaban J connectivity index is 2.46. The van der Waals surface area contributed by atoms with Crippen molar-refractivity contribution >= 4 is 15.9 Å². The van der Waals surface area contributed by atoms with Gasteiger partial charge in [0.1, 0.15) is 17.3 Å². The van der Waals surface area contributed by atoms with E-state index in [2.05, 4.69) is 15.9 Å². The van der Waals surface area contributed by atoms with Gasteiger partial charge in [0.2, 0.25) is 0 Å². The van der Waals surface area contributed by atoms with E-state index in [1.165, 1.54) is 6.07 Å². The Morgan fingerprint density at radius 1 is 1.24 bits per heavy atom. The highest BCUT2D eigenvalue weighted by atomic mass is 79.9. The van der Waals surface area contributed by atoms with Crippen LogP contribution in [0.5, 0.6) is 0 Å². The van der Waals surface area contributed by atoms with Crippen LogP contribution in [0.25, 0.3) is 0 Å². The SMILES string of the molecule is Cc1cc(C(N)c2cc(Br)ccc2F)c(C)o1. The van der Waals surface area contributed by atoms with Crippen LogP contribution in [0.2, 0.25) is 0 Å². The van der Waals surface area contributed by atoms with E-state index in [1.54, 1.807) is 12.1 Å². The van der Waals surface area contributed by atoms with E-state index >= 15 is 0 Å². The highest BCUT2D eigenvalue weighted by Gasteiger charge is 2.18. The zero-order chi connectivity index (χ0) is 12.6. The van der Waals surface area contributed by atoms with Gasteiger partial charge in [-0.3, -0.25) is 0 Å². The standard InChI is InChI=1S/C13H13BrFNO/c1-7-5-10(8(2)17-7)13(16)11-6-9(14)3-4-12(11)15/h3-6,13H,16H2,1-2H3. The van der Waals surface area contributed by atoms with Gasteiger partial charge in [-0.05, 0) is 38.1 Å². The second kappa shape index (κ2) is 4.63. The van der Waals surface area contributed by atoms with Crippen LogP contribution in [0.3, 0.4) is 0 Å². The molecule has 4 heteroatoms. The summed E-state index contributed by atoms with van der Waals surface area (Å²) in [5.41, 5.74) is 7.36. The summed E-state index contributed by atoms with van der Waals surface area (Å²) in [6, 6.07) is 6.09. The molecule has 0 saturated heterocycles. The molecule has 1 heterocycles. The summed E-state index contributed by atoms with van der Waals surface area (Å²) in [4.78, 5) is 0. The highest BCUT2D eigenvalue weighted by molar-refractivity contribution is 9.10. The van der Waals surface area contributed by atoms with E-state index in [0.717, 1.165) is 21.6 Å². The summed E-state index contributed by atoms with van der Waals surface area (Å²) in [6.07, 6.45) is 0. The molecule has 1 aromatic heterocycles. The molecule has 0 aliphatic heterocycles. The predicted molar refractivity (Wildman–Crippen MR) is 68.3 cm³/mol. The number of hydrogen-bond donors (Lipinski definition) is 1. The van der Waals surface area contributed by atoms with Crippen molar-refractivity contribution in [3.63, 3.8) is 0 Å². The van der Waals surface area contributed by atoms with Crippen molar-refractivity contribution in [2.45, 2.75) is 19.9 Å². The number of rotatable bonds is 2. The zero-order valence-electron chi connectivity index (χ0n) is 9.63. The fourth-order valence-corrected chi connectivity index (χ4v) is 2.26. The van der Waals surface area contributed by atoms with Crippen molar-refractivity contribution < 1.29 is 8.81 Å². The summed E-state index contributed by atoms with van der Waals surface area (Å²) in [6.45, 7) is 3.68. The molecule has 1 atom stereocenters. The van der Waals surface area contributed by atoms with Gasteiger partial charge in [-0.25, -0.2) is 4.39 Å². The quantitative estimate of drug-likeness (QED) is 0.914. The van der Waals surface area contributed by atoms with Crippen molar-refractivity contribution in [2.24, 2.45) is 5.73 Å². The molecule has 0 bridgehead atoms. The Morgan fingerprint density at radius 3 is 2.53 bits per heavy atom. The normalized spacial score (nSPS) is 12.8. The molecule has 0 fully saturated rings. The number of nitrogens with two attached hydrogens (primary N) is 1. The summed E-state index contributed by atoms with van der Waals surface area (Å²) >= 11 is 3.32. The van der Waals surface area contributed by atoms with Crippen LogP contribution >= 0.6 is 15.9 Å². The molecule has 0 aliphatic rings. The second-order valence-corrected chi connectivity index (χ2v) is 4.93. The third-order valence-corrected chi connectivity index (χ3v) is 3.20. The van der Waals surface area contributed by atoms with Gasteiger partial charge >= 0.3 is 0 Å². The fourth-order valence-electron chi connectivity index (χ4n) is 1.88. The molecule has 1 aromatic carbocycles. The topological polar surface area (TPSA) is 39.2 Å². The van der Waals surface area contributed by atoms with Crippen LogP contribution in [0.4, 0.5) is 4.39 Å². The molecule has 2 rings (SSSR count). The van der Waals surface area contributed by atoms with E-state index in [9.17, 15) is 4.39 Å². The van der Waals surface area contributed by atoms with Gasteiger partial charge in [0, 0.05) is 15.6 Å². The first-order chi connectivity index (χ1) is 7.99. The maximum Gasteiger partial charge on any atom is 0.128 e. The predicted octanol–water partition coefficient (Wildman–Crippen LogP) is 3.85. The largest absolute Gasteiger partial charge is 0.466 e. The van der Waals surface area contributed by atoms with Gasteiger partial charge < -0.3 is 10.2 Å². The Bertz CT molecular complexity index is 550. The monoisotopic (exact) mass is 297 g/mol. The van der Waals surface area contributed by atoms with Gasteiger partial charge in [-0.1, -0.05) is 15.9 Å². The minimum absolute atomic E-state index is 0.307. The van der Waals surface area contributed by atoms with Crippen LogP contribution in [-0.4, -0.2) is 0 Å². The van der Waals surface area contributed by atoms with Crippen molar-refractivity contribution in [2.75, 3.05) is 0 Å². The van der Waals surface area contributed by atoms with Gasteiger partial charge in [-0.2, -0.15) is 0 Å².